The van der Waals surface area contributed by atoms with Crippen molar-refractivity contribution in [3.8, 4) is 16.9 Å². The monoisotopic (exact) mass is 709 g/mol. The zero-order valence-corrected chi connectivity index (χ0v) is 31.4. The molecule has 2 heteroatoms. The molecule has 1 aliphatic heterocycles. The Kier molecular flexibility index (Phi) is 7.17. The lowest BCUT2D eigenvalue weighted by molar-refractivity contribution is 0.348. The predicted molar refractivity (Wildman–Crippen MR) is 228 cm³/mol. The van der Waals surface area contributed by atoms with Gasteiger partial charge < -0.3 is 9.64 Å². The molecule has 55 heavy (non-hydrogen) atoms. The van der Waals surface area contributed by atoms with Gasteiger partial charge in [0.2, 0.25) is 0 Å². The van der Waals surface area contributed by atoms with E-state index in [-0.39, 0.29) is 10.8 Å². The second-order valence-corrected chi connectivity index (χ2v) is 16.2. The molecule has 2 nitrogen and oxygen atoms in total. The molecular formula is C53H43NO. The normalized spacial score (nSPS) is 20.2. The average Bonchev–Trinajstić information content (AvgIpc) is 3.71. The average molecular weight is 710 g/mol. The molecule has 0 aromatic heterocycles. The number of aryl methyl sites for hydroxylation is 1. The van der Waals surface area contributed by atoms with Gasteiger partial charge in [-0.2, -0.15) is 0 Å². The van der Waals surface area contributed by atoms with Crippen LogP contribution in [0.4, 0.5) is 11.4 Å². The quantitative estimate of drug-likeness (QED) is 0.130. The summed E-state index contributed by atoms with van der Waals surface area (Å²) in [4.78, 5) is 2.55. The van der Waals surface area contributed by atoms with E-state index in [0.29, 0.717) is 5.92 Å². The SMILES string of the molecule is Cc1cc(N(C2=CC=C3Oc4ccccc4C3(C)C2)c2cc3ccccc3c3ccccc23)ccc1C1(C2CC=CCC2)c2ccccc2-c2ccccc21. The lowest BCUT2D eigenvalue weighted by Crippen LogP contribution is -2.37. The Balaban J connectivity index is 1.14. The van der Waals surface area contributed by atoms with E-state index in [2.05, 4.69) is 189 Å². The van der Waals surface area contributed by atoms with Gasteiger partial charge in [-0.15, -0.1) is 0 Å². The lowest BCUT2D eigenvalue weighted by Gasteiger charge is -2.43. The van der Waals surface area contributed by atoms with E-state index in [1.807, 2.05) is 0 Å². The van der Waals surface area contributed by atoms with E-state index in [4.69, 9.17) is 4.74 Å². The summed E-state index contributed by atoms with van der Waals surface area (Å²) in [5, 5.41) is 5.04. The summed E-state index contributed by atoms with van der Waals surface area (Å²) < 4.78 is 6.49. The van der Waals surface area contributed by atoms with Crippen molar-refractivity contribution < 1.29 is 4.74 Å². The highest BCUT2D eigenvalue weighted by Crippen LogP contribution is 2.60. The Hall–Kier alpha value is -6.12. The molecule has 0 saturated heterocycles. The Morgan fingerprint density at radius 3 is 2.04 bits per heavy atom. The zero-order chi connectivity index (χ0) is 36.7. The molecule has 0 N–H and O–H groups in total. The van der Waals surface area contributed by atoms with Gasteiger partial charge in [-0.3, -0.25) is 0 Å². The largest absolute Gasteiger partial charge is 0.460 e. The highest BCUT2D eigenvalue weighted by molar-refractivity contribution is 6.14. The van der Waals surface area contributed by atoms with E-state index in [9.17, 15) is 0 Å². The van der Waals surface area contributed by atoms with Crippen molar-refractivity contribution >= 4 is 32.9 Å². The third kappa shape index (κ3) is 4.61. The van der Waals surface area contributed by atoms with Crippen molar-refractivity contribution in [1.29, 1.82) is 0 Å². The Morgan fingerprint density at radius 2 is 1.29 bits per heavy atom. The maximum atomic E-state index is 6.49. The summed E-state index contributed by atoms with van der Waals surface area (Å²) >= 11 is 0. The summed E-state index contributed by atoms with van der Waals surface area (Å²) in [6, 6.07) is 54.5. The van der Waals surface area contributed by atoms with E-state index in [1.54, 1.807) is 0 Å². The molecular weight excluding hydrogens is 667 g/mol. The molecule has 0 fully saturated rings. The van der Waals surface area contributed by atoms with Gasteiger partial charge in [-0.05, 0) is 125 Å². The molecule has 0 radical (unpaired) electrons. The fourth-order valence-corrected chi connectivity index (χ4v) is 10.8. The van der Waals surface area contributed by atoms with Crippen molar-refractivity contribution in [2.24, 2.45) is 5.92 Å². The first-order valence-electron chi connectivity index (χ1n) is 19.9. The first kappa shape index (κ1) is 32.3. The van der Waals surface area contributed by atoms with Crippen molar-refractivity contribution in [1.82, 2.24) is 0 Å². The van der Waals surface area contributed by atoms with Gasteiger partial charge in [-0.25, -0.2) is 0 Å². The zero-order valence-electron chi connectivity index (χ0n) is 31.4. The number of hydrogen-bond donors (Lipinski definition) is 0. The molecule has 266 valence electrons. The number of hydrogen-bond acceptors (Lipinski definition) is 2. The van der Waals surface area contributed by atoms with E-state index in [0.717, 1.165) is 30.8 Å². The Morgan fingerprint density at radius 1 is 0.618 bits per heavy atom. The fraction of sp³-hybridized carbons (Fsp3) is 0.170. The predicted octanol–water partition coefficient (Wildman–Crippen LogP) is 13.6. The molecule has 4 aliphatic rings. The molecule has 0 amide bonds. The Bertz CT molecular complexity index is 2760. The third-order valence-electron chi connectivity index (χ3n) is 13.2. The maximum Gasteiger partial charge on any atom is 0.131 e. The highest BCUT2D eigenvalue weighted by atomic mass is 16.5. The molecule has 0 spiro atoms. The van der Waals surface area contributed by atoms with Crippen molar-refractivity contribution in [2.75, 3.05) is 4.90 Å². The summed E-state index contributed by atoms with van der Waals surface area (Å²) in [5.74, 6) is 2.45. The van der Waals surface area contributed by atoms with Gasteiger partial charge in [0, 0.05) is 34.2 Å². The van der Waals surface area contributed by atoms with E-state index >= 15 is 0 Å². The van der Waals surface area contributed by atoms with Crippen LogP contribution >= 0.6 is 0 Å². The van der Waals surface area contributed by atoms with Crippen LogP contribution in [0.2, 0.25) is 0 Å². The molecule has 2 unspecified atom stereocenters. The number of nitrogens with zero attached hydrogens (tertiary/aromatic N) is 1. The fourth-order valence-electron chi connectivity index (χ4n) is 10.8. The third-order valence-corrected chi connectivity index (χ3v) is 13.2. The van der Waals surface area contributed by atoms with Crippen LogP contribution in [-0.4, -0.2) is 0 Å². The van der Waals surface area contributed by atoms with Crippen LogP contribution in [-0.2, 0) is 10.8 Å². The minimum Gasteiger partial charge on any atom is -0.460 e. The number of allylic oxidation sites excluding steroid dienone is 6. The second kappa shape index (κ2) is 12.2. The molecule has 3 aliphatic carbocycles. The summed E-state index contributed by atoms with van der Waals surface area (Å²) in [5.41, 5.74) is 12.8. The molecule has 0 bridgehead atoms. The summed E-state index contributed by atoms with van der Waals surface area (Å²) in [6.07, 6.45) is 13.5. The number of benzene rings is 7. The molecule has 0 saturated carbocycles. The van der Waals surface area contributed by atoms with Crippen LogP contribution in [0.5, 0.6) is 5.75 Å². The second-order valence-electron chi connectivity index (χ2n) is 16.2. The smallest absolute Gasteiger partial charge is 0.131 e. The van der Waals surface area contributed by atoms with Gasteiger partial charge in [0.1, 0.15) is 11.5 Å². The van der Waals surface area contributed by atoms with Gasteiger partial charge >= 0.3 is 0 Å². The van der Waals surface area contributed by atoms with Crippen LogP contribution in [0.15, 0.2) is 181 Å². The van der Waals surface area contributed by atoms with Crippen LogP contribution in [0, 0.1) is 12.8 Å². The van der Waals surface area contributed by atoms with Crippen LogP contribution in [0.3, 0.4) is 0 Å². The van der Waals surface area contributed by atoms with Crippen molar-refractivity contribution in [3.63, 3.8) is 0 Å². The molecule has 1 heterocycles. The first-order valence-corrected chi connectivity index (χ1v) is 19.9. The standard InChI is InChI=1S/C53H43NO/c1-35-32-38(28-30-45(35)53(37-17-4-3-5-18-37)46-24-12-10-21-42(46)43-22-11-13-25-47(43)53)54(39-29-31-51-52(2,34-39)48-26-14-15-27-50(48)55-51)49-33-36-16-6-7-19-40(36)41-20-8-9-23-44(41)49/h3-4,6-16,19-33,37H,5,17-18,34H2,1-2H3. The first-order chi connectivity index (χ1) is 27.1. The van der Waals surface area contributed by atoms with E-state index < -0.39 is 0 Å². The van der Waals surface area contributed by atoms with Gasteiger partial charge in [0.05, 0.1) is 11.1 Å². The topological polar surface area (TPSA) is 12.5 Å². The minimum atomic E-state index is -0.267. The molecule has 7 aromatic rings. The lowest BCUT2D eigenvalue weighted by atomic mass is 9.60. The molecule has 11 rings (SSSR count). The Labute approximate surface area is 323 Å². The maximum absolute atomic E-state index is 6.49. The van der Waals surface area contributed by atoms with Gasteiger partial charge in [0.15, 0.2) is 0 Å². The molecule has 2 atom stereocenters. The van der Waals surface area contributed by atoms with Crippen LogP contribution in [0.1, 0.15) is 60.4 Å². The summed E-state index contributed by atoms with van der Waals surface area (Å²) in [6.45, 7) is 4.70. The van der Waals surface area contributed by atoms with Crippen molar-refractivity contribution in [2.45, 2.75) is 50.4 Å². The number of para-hydroxylation sites is 1. The number of rotatable bonds is 5. The van der Waals surface area contributed by atoms with Gasteiger partial charge in [0.25, 0.3) is 0 Å². The molecule has 7 aromatic carbocycles. The van der Waals surface area contributed by atoms with Crippen LogP contribution in [0.25, 0.3) is 32.7 Å². The van der Waals surface area contributed by atoms with Crippen LogP contribution < -0.4 is 9.64 Å². The summed E-state index contributed by atoms with van der Waals surface area (Å²) in [7, 11) is 0. The number of anilines is 2. The highest BCUT2D eigenvalue weighted by Gasteiger charge is 2.50. The van der Waals surface area contributed by atoms with E-state index in [1.165, 1.54) is 84.0 Å². The minimum absolute atomic E-state index is 0.235. The van der Waals surface area contributed by atoms with Crippen molar-refractivity contribution in [3.05, 3.63) is 209 Å². The number of fused-ring (bicyclic) bond motifs is 9. The number of ether oxygens (including phenoxy) is 1. The van der Waals surface area contributed by atoms with Gasteiger partial charge in [-0.1, -0.05) is 133 Å².